The van der Waals surface area contributed by atoms with E-state index in [1.165, 1.54) is 13.8 Å². The number of nitrogens with zero attached hydrogens (tertiary/aromatic N) is 1. The molecule has 0 aliphatic carbocycles. The van der Waals surface area contributed by atoms with Crippen molar-refractivity contribution in [2.45, 2.75) is 33.2 Å². The number of carbonyl (C=O) groups excluding carboxylic acids is 2. The summed E-state index contributed by atoms with van der Waals surface area (Å²) in [5, 5.41) is 11.2. The van der Waals surface area contributed by atoms with Gasteiger partial charge in [0.2, 0.25) is 11.8 Å². The van der Waals surface area contributed by atoms with E-state index in [-0.39, 0.29) is 0 Å². The summed E-state index contributed by atoms with van der Waals surface area (Å²) in [7, 11) is 0. The topological polar surface area (TPSA) is 96.0 Å². The Morgan fingerprint density at radius 2 is 2.14 bits per heavy atom. The summed E-state index contributed by atoms with van der Waals surface area (Å²) in [6.07, 6.45) is 0.390. The molecule has 0 bridgehead atoms. The van der Waals surface area contributed by atoms with Gasteiger partial charge in [-0.15, -0.1) is 0 Å². The van der Waals surface area contributed by atoms with Crippen molar-refractivity contribution in [3.63, 3.8) is 0 Å². The van der Waals surface area contributed by atoms with Crippen LogP contribution in [0.5, 0.6) is 0 Å². The molecule has 0 aliphatic rings. The maximum Gasteiger partial charge on any atom is 0.240 e. The number of amides is 2. The highest BCUT2D eigenvalue weighted by molar-refractivity contribution is 5.90. The van der Waals surface area contributed by atoms with Crippen LogP contribution in [0, 0.1) is 16.7 Å². The van der Waals surface area contributed by atoms with Gasteiger partial charge in [0.15, 0.2) is 0 Å². The van der Waals surface area contributed by atoms with E-state index < -0.39 is 23.3 Å². The largest absolute Gasteiger partial charge is 0.368 e. The summed E-state index contributed by atoms with van der Waals surface area (Å²) in [5.41, 5.74) is 3.88. The van der Waals surface area contributed by atoms with E-state index >= 15 is 0 Å². The zero-order chi connectivity index (χ0) is 11.4. The molecule has 2 amide bonds. The van der Waals surface area contributed by atoms with Crippen molar-refractivity contribution >= 4 is 11.8 Å². The van der Waals surface area contributed by atoms with E-state index in [1.807, 2.05) is 6.07 Å². The van der Waals surface area contributed by atoms with Gasteiger partial charge in [-0.05, 0) is 20.3 Å². The minimum absolute atomic E-state index is 0.390. The van der Waals surface area contributed by atoms with Crippen molar-refractivity contribution in [2.75, 3.05) is 0 Å². The normalized spacial score (nSPS) is 16.1. The smallest absolute Gasteiger partial charge is 0.240 e. The van der Waals surface area contributed by atoms with Gasteiger partial charge >= 0.3 is 0 Å². The van der Waals surface area contributed by atoms with Crippen LogP contribution in [0.4, 0.5) is 0 Å². The molecule has 0 aromatic rings. The first kappa shape index (κ1) is 12.4. The van der Waals surface area contributed by atoms with Gasteiger partial charge in [0.1, 0.15) is 11.5 Å². The molecule has 0 aromatic carbocycles. The Hall–Kier alpha value is -1.57. The number of nitrogens with one attached hydrogen (secondary N) is 1. The second-order valence-corrected chi connectivity index (χ2v) is 3.39. The SMILES string of the molecule is CCC(C)(C#N)C(=O)NC(C)C(N)=O. The highest BCUT2D eigenvalue weighted by Gasteiger charge is 2.32. The standard InChI is InChI=1S/C9H15N3O2/c1-4-9(3,5-10)8(14)12-6(2)7(11)13/h6H,4H2,1-3H3,(H2,11,13)(H,12,14). The van der Waals surface area contributed by atoms with Crippen LogP contribution in [0.1, 0.15) is 27.2 Å². The molecule has 0 heterocycles. The molecule has 0 aliphatic heterocycles. The highest BCUT2D eigenvalue weighted by Crippen LogP contribution is 2.19. The van der Waals surface area contributed by atoms with Crippen molar-refractivity contribution in [1.29, 1.82) is 5.26 Å². The van der Waals surface area contributed by atoms with Crippen LogP contribution >= 0.6 is 0 Å². The second-order valence-electron chi connectivity index (χ2n) is 3.39. The molecular weight excluding hydrogens is 182 g/mol. The van der Waals surface area contributed by atoms with Crippen molar-refractivity contribution in [2.24, 2.45) is 11.1 Å². The lowest BCUT2D eigenvalue weighted by Crippen LogP contribution is -2.47. The number of carbonyl (C=O) groups is 2. The predicted molar refractivity (Wildman–Crippen MR) is 50.8 cm³/mol. The molecule has 2 atom stereocenters. The number of nitriles is 1. The maximum atomic E-state index is 11.5. The van der Waals surface area contributed by atoms with Crippen LogP contribution in [-0.2, 0) is 9.59 Å². The maximum absolute atomic E-state index is 11.5. The molecule has 5 heteroatoms. The third-order valence-electron chi connectivity index (χ3n) is 2.23. The second kappa shape index (κ2) is 4.61. The van der Waals surface area contributed by atoms with Crippen LogP contribution in [0.2, 0.25) is 0 Å². The van der Waals surface area contributed by atoms with Crippen LogP contribution in [0.3, 0.4) is 0 Å². The van der Waals surface area contributed by atoms with E-state index in [4.69, 9.17) is 11.0 Å². The predicted octanol–water partition coefficient (Wildman–Crippen LogP) is -0.0837. The lowest BCUT2D eigenvalue weighted by atomic mass is 9.88. The first-order valence-corrected chi connectivity index (χ1v) is 4.39. The average Bonchev–Trinajstić information content (AvgIpc) is 2.16. The van der Waals surface area contributed by atoms with Crippen LogP contribution in [-0.4, -0.2) is 17.9 Å². The summed E-state index contributed by atoms with van der Waals surface area (Å²) in [4.78, 5) is 22.2. The van der Waals surface area contributed by atoms with Gasteiger partial charge in [0, 0.05) is 0 Å². The molecular formula is C9H15N3O2. The summed E-state index contributed by atoms with van der Waals surface area (Å²) in [5.74, 6) is -1.08. The minimum atomic E-state index is -1.09. The van der Waals surface area contributed by atoms with Crippen LogP contribution in [0.25, 0.3) is 0 Å². The first-order chi connectivity index (χ1) is 6.37. The van der Waals surface area contributed by atoms with E-state index in [0.29, 0.717) is 6.42 Å². The fraction of sp³-hybridized carbons (Fsp3) is 0.667. The Morgan fingerprint density at radius 1 is 1.64 bits per heavy atom. The molecule has 0 saturated carbocycles. The van der Waals surface area contributed by atoms with Gasteiger partial charge in [-0.1, -0.05) is 6.92 Å². The van der Waals surface area contributed by atoms with Crippen molar-refractivity contribution in [1.82, 2.24) is 5.32 Å². The molecule has 3 N–H and O–H groups in total. The average molecular weight is 197 g/mol. The summed E-state index contributed by atoms with van der Waals surface area (Å²) in [6, 6.07) is 1.16. The zero-order valence-corrected chi connectivity index (χ0v) is 8.63. The third-order valence-corrected chi connectivity index (χ3v) is 2.23. The number of hydrogen-bond donors (Lipinski definition) is 2. The monoisotopic (exact) mass is 197 g/mol. The first-order valence-electron chi connectivity index (χ1n) is 4.39. The lowest BCUT2D eigenvalue weighted by Gasteiger charge is -2.20. The third kappa shape index (κ3) is 2.73. The van der Waals surface area contributed by atoms with Gasteiger partial charge in [0.05, 0.1) is 6.07 Å². The number of nitrogens with two attached hydrogens (primary N) is 1. The van der Waals surface area contributed by atoms with E-state index in [0.717, 1.165) is 0 Å². The Kier molecular flexibility index (Phi) is 4.09. The van der Waals surface area contributed by atoms with Crippen molar-refractivity contribution in [3.05, 3.63) is 0 Å². The minimum Gasteiger partial charge on any atom is -0.368 e. The molecule has 5 nitrogen and oxygen atoms in total. The highest BCUT2D eigenvalue weighted by atomic mass is 16.2. The number of hydrogen-bond acceptors (Lipinski definition) is 3. The van der Waals surface area contributed by atoms with Crippen molar-refractivity contribution < 1.29 is 9.59 Å². The zero-order valence-electron chi connectivity index (χ0n) is 8.63. The Morgan fingerprint density at radius 3 is 2.43 bits per heavy atom. The summed E-state index contributed by atoms with van der Waals surface area (Å²) < 4.78 is 0. The fourth-order valence-electron chi connectivity index (χ4n) is 0.717. The van der Waals surface area contributed by atoms with Gasteiger partial charge in [-0.25, -0.2) is 0 Å². The molecule has 14 heavy (non-hydrogen) atoms. The van der Waals surface area contributed by atoms with E-state index in [2.05, 4.69) is 5.32 Å². The summed E-state index contributed by atoms with van der Waals surface area (Å²) >= 11 is 0. The number of rotatable bonds is 4. The van der Waals surface area contributed by atoms with Gasteiger partial charge in [-0.2, -0.15) is 5.26 Å². The molecule has 0 rings (SSSR count). The molecule has 0 fully saturated rings. The van der Waals surface area contributed by atoms with Gasteiger partial charge in [-0.3, -0.25) is 9.59 Å². The van der Waals surface area contributed by atoms with Gasteiger partial charge in [0.25, 0.3) is 0 Å². The Labute approximate surface area is 83.3 Å². The quantitative estimate of drug-likeness (QED) is 0.659. The summed E-state index contributed by atoms with van der Waals surface area (Å²) in [6.45, 7) is 4.74. The molecule has 78 valence electrons. The Balaban J connectivity index is 4.50. The molecule has 0 radical (unpaired) electrons. The molecule has 2 unspecified atom stereocenters. The molecule has 0 saturated heterocycles. The van der Waals surface area contributed by atoms with Crippen LogP contribution in [0.15, 0.2) is 0 Å². The fourth-order valence-corrected chi connectivity index (χ4v) is 0.717. The van der Waals surface area contributed by atoms with E-state index in [9.17, 15) is 9.59 Å². The van der Waals surface area contributed by atoms with Crippen LogP contribution < -0.4 is 11.1 Å². The number of primary amides is 1. The molecule has 0 spiro atoms. The van der Waals surface area contributed by atoms with Gasteiger partial charge < -0.3 is 11.1 Å². The van der Waals surface area contributed by atoms with Crippen molar-refractivity contribution in [3.8, 4) is 6.07 Å². The lowest BCUT2D eigenvalue weighted by molar-refractivity contribution is -0.131. The molecule has 0 aromatic heterocycles. The Bertz CT molecular complexity index is 282. The van der Waals surface area contributed by atoms with E-state index in [1.54, 1.807) is 6.92 Å².